The minimum Gasteiger partial charge on any atom is -0.452 e. The summed E-state index contributed by atoms with van der Waals surface area (Å²) >= 11 is 0. The molecule has 0 heterocycles. The first-order chi connectivity index (χ1) is 22.5. The molecule has 0 aliphatic heterocycles. The van der Waals surface area contributed by atoms with Crippen LogP contribution in [0.1, 0.15) is 42.9 Å². The van der Waals surface area contributed by atoms with Crippen LogP contribution >= 0.6 is 0 Å². The number of methoxy groups -OCH3 is 1. The number of nitrogens with two attached hydrogens (primary N) is 2. The molecular weight excluding hydrogens is 616 g/mol. The van der Waals surface area contributed by atoms with E-state index in [-0.39, 0.29) is 23.4 Å². The zero-order valence-corrected chi connectivity index (χ0v) is 27.6. The van der Waals surface area contributed by atoms with Gasteiger partial charge >= 0.3 is 6.09 Å². The van der Waals surface area contributed by atoms with Crippen molar-refractivity contribution in [2.45, 2.75) is 55.6 Å². The third-order valence-corrected chi connectivity index (χ3v) is 10.2. The summed E-state index contributed by atoms with van der Waals surface area (Å²) in [5.41, 5.74) is 15.4. The van der Waals surface area contributed by atoms with Gasteiger partial charge in [0, 0.05) is 23.7 Å². The second-order valence-corrected chi connectivity index (χ2v) is 13.3. The third-order valence-electron chi connectivity index (χ3n) is 8.05. The molecule has 0 saturated carbocycles. The number of benzene rings is 4. The van der Waals surface area contributed by atoms with Gasteiger partial charge in [-0.25, -0.2) is 18.1 Å². The smallest absolute Gasteiger partial charge is 0.420 e. The van der Waals surface area contributed by atoms with Crippen LogP contribution in [0.15, 0.2) is 114 Å². The van der Waals surface area contributed by atoms with Crippen LogP contribution < -0.4 is 16.4 Å². The number of aryl methyl sites for hydroxylation is 1. The van der Waals surface area contributed by atoms with Gasteiger partial charge in [0.2, 0.25) is 10.0 Å². The van der Waals surface area contributed by atoms with Crippen molar-refractivity contribution in [3.05, 3.63) is 126 Å². The molecule has 10 nitrogen and oxygen atoms in total. The standard InChI is InChI=1S/C36H42N4O6S/c1-25(2)40(47(44,45)31-22-19-29(37)20-23-31)30(24-41)21-18-26-12-10-11-17-32(26)39(36(43)46-3)35(42)34(38)33(27-13-6-4-7-14-27)28-15-8-5-9-16-28/h4-17,19-20,22-23,25,30,33-34,41H,18,21,24,37-38H2,1-3H3/t30-,34-/m0/s1. The highest BCUT2D eigenvalue weighted by Gasteiger charge is 2.37. The molecule has 47 heavy (non-hydrogen) atoms. The number of sulfonamides is 1. The Labute approximate surface area is 276 Å². The predicted molar refractivity (Wildman–Crippen MR) is 183 cm³/mol. The third kappa shape index (κ3) is 8.06. The summed E-state index contributed by atoms with van der Waals surface area (Å²) in [4.78, 5) is 28.6. The minimum absolute atomic E-state index is 0.0575. The fourth-order valence-corrected chi connectivity index (χ4v) is 7.68. The van der Waals surface area contributed by atoms with Gasteiger partial charge in [0.15, 0.2) is 0 Å². The van der Waals surface area contributed by atoms with Gasteiger partial charge in [0.1, 0.15) is 0 Å². The Morgan fingerprint density at radius 2 is 1.36 bits per heavy atom. The number of rotatable bonds is 13. The summed E-state index contributed by atoms with van der Waals surface area (Å²) in [7, 11) is -2.81. The van der Waals surface area contributed by atoms with Crippen LogP contribution in [0.2, 0.25) is 0 Å². The molecule has 2 amide bonds. The second-order valence-electron chi connectivity index (χ2n) is 11.5. The van der Waals surface area contributed by atoms with Crippen molar-refractivity contribution in [3.63, 3.8) is 0 Å². The van der Waals surface area contributed by atoms with E-state index in [4.69, 9.17) is 16.2 Å². The number of nitrogens with zero attached hydrogens (tertiary/aromatic N) is 2. The lowest BCUT2D eigenvalue weighted by Crippen LogP contribution is -2.50. The van der Waals surface area contributed by atoms with E-state index in [1.54, 1.807) is 38.1 Å². The number of carbonyl (C=O) groups is 2. The molecule has 0 saturated heterocycles. The second kappa shape index (κ2) is 15.8. The lowest BCUT2D eigenvalue weighted by molar-refractivity contribution is -0.119. The molecule has 0 unspecified atom stereocenters. The fourth-order valence-electron chi connectivity index (χ4n) is 5.84. The van der Waals surface area contributed by atoms with Crippen LogP contribution in [0.5, 0.6) is 0 Å². The summed E-state index contributed by atoms with van der Waals surface area (Å²) in [6, 6.07) is 29.0. The van der Waals surface area contributed by atoms with Gasteiger partial charge < -0.3 is 21.3 Å². The Bertz CT molecular complexity index is 1700. The number of ether oxygens (including phenoxy) is 1. The molecule has 4 aromatic carbocycles. The van der Waals surface area contributed by atoms with Crippen molar-refractivity contribution in [2.75, 3.05) is 24.4 Å². The van der Waals surface area contributed by atoms with Crippen LogP contribution in [0.3, 0.4) is 0 Å². The Hall–Kier alpha value is -4.55. The average molecular weight is 659 g/mol. The van der Waals surface area contributed by atoms with Gasteiger partial charge in [-0.3, -0.25) is 4.79 Å². The van der Waals surface area contributed by atoms with Crippen molar-refractivity contribution in [2.24, 2.45) is 5.73 Å². The fraction of sp³-hybridized carbons (Fsp3) is 0.278. The summed E-state index contributed by atoms with van der Waals surface area (Å²) in [6.07, 6.45) is -0.504. The lowest BCUT2D eigenvalue weighted by Gasteiger charge is -2.33. The molecular formula is C36H42N4O6S. The first-order valence-electron chi connectivity index (χ1n) is 15.4. The van der Waals surface area contributed by atoms with Crippen LogP contribution in [-0.2, 0) is 26.0 Å². The summed E-state index contributed by atoms with van der Waals surface area (Å²) in [5.74, 6) is -1.24. The summed E-state index contributed by atoms with van der Waals surface area (Å²) in [6.45, 7) is 3.02. The van der Waals surface area contributed by atoms with Gasteiger partial charge in [0.25, 0.3) is 5.91 Å². The molecule has 0 aliphatic carbocycles. The van der Waals surface area contributed by atoms with E-state index in [0.717, 1.165) is 16.0 Å². The first kappa shape index (κ1) is 35.3. The lowest BCUT2D eigenvalue weighted by atomic mass is 9.84. The molecule has 4 aromatic rings. The quantitative estimate of drug-likeness (QED) is 0.171. The maximum atomic E-state index is 14.3. The van der Waals surface area contributed by atoms with E-state index in [1.165, 1.54) is 35.7 Å². The maximum Gasteiger partial charge on any atom is 0.420 e. The molecule has 5 N–H and O–H groups in total. The van der Waals surface area contributed by atoms with E-state index >= 15 is 0 Å². The Balaban J connectivity index is 1.68. The van der Waals surface area contributed by atoms with E-state index < -0.39 is 52.7 Å². The van der Waals surface area contributed by atoms with Gasteiger partial charge in [-0.05, 0) is 73.7 Å². The molecule has 0 aliphatic rings. The van der Waals surface area contributed by atoms with Crippen LogP contribution in [0, 0.1) is 0 Å². The number of hydrogen-bond acceptors (Lipinski definition) is 8. The maximum absolute atomic E-state index is 14.3. The van der Waals surface area contributed by atoms with Crippen molar-refractivity contribution in [1.29, 1.82) is 0 Å². The monoisotopic (exact) mass is 658 g/mol. The molecule has 248 valence electrons. The SMILES string of the molecule is COC(=O)N(C(=O)[C@@H](N)C(c1ccccc1)c1ccccc1)c1ccccc1CC[C@@H](CO)N(C(C)C)S(=O)(=O)c1ccc(N)cc1. The number of para-hydroxylation sites is 1. The van der Waals surface area contributed by atoms with E-state index in [0.29, 0.717) is 11.3 Å². The highest BCUT2D eigenvalue weighted by atomic mass is 32.2. The molecule has 2 atom stereocenters. The Morgan fingerprint density at radius 3 is 1.87 bits per heavy atom. The van der Waals surface area contributed by atoms with Crippen molar-refractivity contribution >= 4 is 33.4 Å². The van der Waals surface area contributed by atoms with E-state index in [1.807, 2.05) is 60.7 Å². The molecule has 0 bridgehead atoms. The number of imide groups is 1. The van der Waals surface area contributed by atoms with Gasteiger partial charge in [-0.2, -0.15) is 4.31 Å². The number of amides is 2. The highest BCUT2D eigenvalue weighted by molar-refractivity contribution is 7.89. The largest absolute Gasteiger partial charge is 0.452 e. The van der Waals surface area contributed by atoms with Crippen LogP contribution in [0.4, 0.5) is 16.2 Å². The number of hydrogen-bond donors (Lipinski definition) is 3. The predicted octanol–water partition coefficient (Wildman–Crippen LogP) is 4.92. The molecule has 11 heteroatoms. The number of anilines is 2. The zero-order chi connectivity index (χ0) is 34.1. The Morgan fingerprint density at radius 1 is 0.830 bits per heavy atom. The van der Waals surface area contributed by atoms with Crippen LogP contribution in [-0.4, -0.2) is 61.7 Å². The van der Waals surface area contributed by atoms with Crippen molar-refractivity contribution < 1.29 is 27.9 Å². The first-order valence-corrected chi connectivity index (χ1v) is 16.8. The van der Waals surface area contributed by atoms with Gasteiger partial charge in [-0.15, -0.1) is 0 Å². The molecule has 0 spiro atoms. The highest BCUT2D eigenvalue weighted by Crippen LogP contribution is 2.32. The number of nitrogen functional groups attached to an aromatic ring is 1. The molecule has 4 rings (SSSR count). The summed E-state index contributed by atoms with van der Waals surface area (Å²) in [5, 5.41) is 10.4. The zero-order valence-electron chi connectivity index (χ0n) is 26.8. The van der Waals surface area contributed by atoms with Crippen molar-refractivity contribution in [1.82, 2.24) is 4.31 Å². The van der Waals surface area contributed by atoms with Gasteiger partial charge in [-0.1, -0.05) is 78.9 Å². The van der Waals surface area contributed by atoms with Gasteiger partial charge in [0.05, 0.1) is 30.3 Å². The number of aliphatic hydroxyl groups is 1. The van der Waals surface area contributed by atoms with E-state index in [2.05, 4.69) is 0 Å². The van der Waals surface area contributed by atoms with Crippen LogP contribution in [0.25, 0.3) is 0 Å². The summed E-state index contributed by atoms with van der Waals surface area (Å²) < 4.78 is 33.8. The van der Waals surface area contributed by atoms with E-state index in [9.17, 15) is 23.1 Å². The normalized spacial score (nSPS) is 13.0. The number of carbonyl (C=O) groups excluding carboxylic acids is 2. The molecule has 0 fully saturated rings. The molecule has 0 aromatic heterocycles. The topological polar surface area (TPSA) is 156 Å². The number of aliphatic hydroxyl groups excluding tert-OH is 1. The molecule has 0 radical (unpaired) electrons. The average Bonchev–Trinajstić information content (AvgIpc) is 3.08. The van der Waals surface area contributed by atoms with Crippen molar-refractivity contribution in [3.8, 4) is 0 Å². The minimum atomic E-state index is -4.00. The Kier molecular flexibility index (Phi) is 11.9.